The van der Waals surface area contributed by atoms with E-state index < -0.39 is 5.82 Å². The topological polar surface area (TPSA) is 81.0 Å². The Labute approximate surface area is 169 Å². The number of halogens is 1. The molecule has 0 unspecified atom stereocenters. The van der Waals surface area contributed by atoms with Gasteiger partial charge in [-0.3, -0.25) is 4.79 Å². The van der Waals surface area contributed by atoms with Crippen LogP contribution in [0.5, 0.6) is 5.75 Å². The number of pyridine rings is 2. The molecule has 2 aromatic heterocycles. The van der Waals surface area contributed by atoms with E-state index in [9.17, 15) is 9.18 Å². The normalized spacial score (nSPS) is 11.8. The highest BCUT2D eigenvalue weighted by Crippen LogP contribution is 2.38. The van der Waals surface area contributed by atoms with E-state index in [-0.39, 0.29) is 16.5 Å². The van der Waals surface area contributed by atoms with Crippen LogP contribution in [0.2, 0.25) is 0 Å². The molecule has 3 rings (SSSR count). The molecule has 1 aromatic carbocycles. The number of nitrogens with one attached hydrogen (secondary N) is 1. The lowest BCUT2D eigenvalue weighted by atomic mass is 9.83. The first kappa shape index (κ1) is 20.3. The fraction of sp³-hybridized carbons (Fsp3) is 0.217. The van der Waals surface area contributed by atoms with Crippen molar-refractivity contribution < 1.29 is 9.13 Å². The average molecular weight is 393 g/mol. The first-order valence-corrected chi connectivity index (χ1v) is 9.20. The van der Waals surface area contributed by atoms with Crippen molar-refractivity contribution in [1.29, 1.82) is 0 Å². The first-order chi connectivity index (χ1) is 13.7. The number of aromatic amines is 1. The number of ether oxygens (including phenoxy) is 1. The van der Waals surface area contributed by atoms with E-state index >= 15 is 0 Å². The smallest absolute Gasteiger partial charge is 0.256 e. The van der Waals surface area contributed by atoms with E-state index in [1.807, 2.05) is 30.4 Å². The Bertz CT molecular complexity index is 1110. The fourth-order valence-corrected chi connectivity index (χ4v) is 3.09. The number of rotatable bonds is 4. The van der Waals surface area contributed by atoms with Crippen molar-refractivity contribution >= 4 is 18.0 Å². The maximum Gasteiger partial charge on any atom is 0.256 e. The van der Waals surface area contributed by atoms with Crippen LogP contribution in [0.1, 0.15) is 37.5 Å². The number of nitrogen functional groups attached to an aromatic ring is 1. The summed E-state index contributed by atoms with van der Waals surface area (Å²) in [7, 11) is 1.61. The molecule has 2 heterocycles. The van der Waals surface area contributed by atoms with Gasteiger partial charge in [0.1, 0.15) is 17.4 Å². The Morgan fingerprint density at radius 2 is 1.93 bits per heavy atom. The number of hydrogen-bond donors (Lipinski definition) is 2. The van der Waals surface area contributed by atoms with Crippen LogP contribution >= 0.6 is 0 Å². The number of H-pyrrole nitrogens is 1. The number of hydrogen-bond acceptors (Lipinski definition) is 4. The summed E-state index contributed by atoms with van der Waals surface area (Å²) in [4.78, 5) is 18.8. The van der Waals surface area contributed by atoms with E-state index in [1.165, 1.54) is 6.07 Å². The molecule has 0 atom stereocenters. The summed E-state index contributed by atoms with van der Waals surface area (Å²) in [5, 5.41) is 0. The summed E-state index contributed by atoms with van der Waals surface area (Å²) in [5.74, 6) is 0.647. The number of nitrogens with zero attached hydrogens (tertiary/aromatic N) is 1. The molecule has 5 nitrogen and oxygen atoms in total. The van der Waals surface area contributed by atoms with Gasteiger partial charge in [0, 0.05) is 29.1 Å². The molecule has 150 valence electrons. The van der Waals surface area contributed by atoms with Crippen molar-refractivity contribution in [3.05, 3.63) is 75.6 Å². The van der Waals surface area contributed by atoms with Crippen LogP contribution in [-0.4, -0.2) is 17.1 Å². The van der Waals surface area contributed by atoms with Crippen LogP contribution in [-0.2, 0) is 5.41 Å². The predicted molar refractivity (Wildman–Crippen MR) is 115 cm³/mol. The molecular weight excluding hydrogens is 369 g/mol. The monoisotopic (exact) mass is 393 g/mol. The molecule has 0 radical (unpaired) electrons. The van der Waals surface area contributed by atoms with Crippen LogP contribution in [0, 0.1) is 5.82 Å². The van der Waals surface area contributed by atoms with Crippen LogP contribution in [0.15, 0.2) is 47.5 Å². The Balaban J connectivity index is 2.21. The average Bonchev–Trinajstić information content (AvgIpc) is 2.68. The number of anilines is 1. The lowest BCUT2D eigenvalue weighted by Crippen LogP contribution is -2.15. The van der Waals surface area contributed by atoms with Crippen molar-refractivity contribution in [2.75, 3.05) is 12.8 Å². The summed E-state index contributed by atoms with van der Waals surface area (Å²) in [6.07, 6.45) is 6.49. The summed E-state index contributed by atoms with van der Waals surface area (Å²) in [6.45, 7) is 6.17. The second kappa shape index (κ2) is 7.91. The second-order valence-electron chi connectivity index (χ2n) is 7.81. The third-order valence-corrected chi connectivity index (χ3v) is 4.57. The quantitative estimate of drug-likeness (QED) is 0.677. The number of benzene rings is 1. The third kappa shape index (κ3) is 4.54. The second-order valence-corrected chi connectivity index (χ2v) is 7.81. The lowest BCUT2D eigenvalue weighted by molar-refractivity contribution is 0.397. The van der Waals surface area contributed by atoms with Gasteiger partial charge in [0.25, 0.3) is 5.56 Å². The molecular formula is C23H24FN3O2. The zero-order valence-electron chi connectivity index (χ0n) is 16.9. The van der Waals surface area contributed by atoms with E-state index in [2.05, 4.69) is 30.7 Å². The van der Waals surface area contributed by atoms with Crippen molar-refractivity contribution in [2.24, 2.45) is 0 Å². The van der Waals surface area contributed by atoms with Gasteiger partial charge in [0.15, 0.2) is 0 Å². The van der Waals surface area contributed by atoms with Crippen molar-refractivity contribution in [2.45, 2.75) is 26.2 Å². The van der Waals surface area contributed by atoms with Crippen LogP contribution in [0.25, 0.3) is 23.3 Å². The molecule has 0 saturated carbocycles. The molecule has 3 aromatic rings. The fourth-order valence-electron chi connectivity index (χ4n) is 3.09. The Morgan fingerprint density at radius 3 is 2.55 bits per heavy atom. The highest BCUT2D eigenvalue weighted by molar-refractivity contribution is 5.78. The van der Waals surface area contributed by atoms with Crippen LogP contribution in [0.3, 0.4) is 0 Å². The summed E-state index contributed by atoms with van der Waals surface area (Å²) >= 11 is 0. The molecule has 0 aliphatic rings. The summed E-state index contributed by atoms with van der Waals surface area (Å²) in [5.41, 5.74) is 8.47. The van der Waals surface area contributed by atoms with Crippen LogP contribution in [0.4, 0.5) is 10.2 Å². The minimum absolute atomic E-state index is 0.257. The maximum absolute atomic E-state index is 13.8. The maximum atomic E-state index is 13.8. The van der Waals surface area contributed by atoms with Gasteiger partial charge in [-0.1, -0.05) is 32.9 Å². The van der Waals surface area contributed by atoms with E-state index in [4.69, 9.17) is 10.5 Å². The molecule has 0 aliphatic heterocycles. The molecule has 0 aliphatic carbocycles. The molecule has 0 amide bonds. The van der Waals surface area contributed by atoms with Gasteiger partial charge in [0.05, 0.1) is 7.11 Å². The summed E-state index contributed by atoms with van der Waals surface area (Å²) < 4.78 is 19.5. The molecule has 3 N–H and O–H groups in total. The van der Waals surface area contributed by atoms with Gasteiger partial charge in [-0.25, -0.2) is 9.37 Å². The zero-order valence-corrected chi connectivity index (χ0v) is 16.9. The first-order valence-electron chi connectivity index (χ1n) is 9.20. The highest BCUT2D eigenvalue weighted by atomic mass is 19.1. The summed E-state index contributed by atoms with van der Waals surface area (Å²) in [6, 6.07) is 8.52. The number of nitrogens with two attached hydrogens (primary N) is 1. The highest BCUT2D eigenvalue weighted by Gasteiger charge is 2.23. The van der Waals surface area contributed by atoms with Crippen LogP contribution < -0.4 is 16.0 Å². The van der Waals surface area contributed by atoms with Crippen molar-refractivity contribution in [3.8, 4) is 16.9 Å². The third-order valence-electron chi connectivity index (χ3n) is 4.57. The molecule has 0 bridgehead atoms. The van der Waals surface area contributed by atoms with Gasteiger partial charge in [-0.05, 0) is 46.9 Å². The van der Waals surface area contributed by atoms with Gasteiger partial charge in [-0.2, -0.15) is 0 Å². The van der Waals surface area contributed by atoms with E-state index in [0.717, 1.165) is 22.9 Å². The minimum Gasteiger partial charge on any atom is -0.496 e. The van der Waals surface area contributed by atoms with Crippen molar-refractivity contribution in [3.63, 3.8) is 0 Å². The Kier molecular flexibility index (Phi) is 5.55. The van der Waals surface area contributed by atoms with Gasteiger partial charge in [-0.15, -0.1) is 0 Å². The molecule has 0 fully saturated rings. The van der Waals surface area contributed by atoms with Gasteiger partial charge >= 0.3 is 0 Å². The van der Waals surface area contributed by atoms with Gasteiger partial charge < -0.3 is 15.5 Å². The zero-order chi connectivity index (χ0) is 21.2. The standard InChI is InChI=1S/C23H24FN3O2/c1-23(2,3)19-10-16(18-11-17(24)13-27-22(18)28)9-15(21(19)29-4)7-5-14-6-8-20(25)26-12-14/h5-13H,1-4H3,(H2,25,26)(H,27,28). The van der Waals surface area contributed by atoms with Gasteiger partial charge in [0.2, 0.25) is 0 Å². The van der Waals surface area contributed by atoms with E-state index in [1.54, 1.807) is 19.4 Å². The molecule has 0 spiro atoms. The van der Waals surface area contributed by atoms with Crippen molar-refractivity contribution in [1.82, 2.24) is 9.97 Å². The molecule has 6 heteroatoms. The molecule has 0 saturated heterocycles. The Hall–Kier alpha value is -3.41. The molecule has 29 heavy (non-hydrogen) atoms. The Morgan fingerprint density at radius 1 is 1.17 bits per heavy atom. The largest absolute Gasteiger partial charge is 0.496 e. The lowest BCUT2D eigenvalue weighted by Gasteiger charge is -2.24. The predicted octanol–water partition coefficient (Wildman–Crippen LogP) is 4.63. The SMILES string of the molecule is COc1c(C=Cc2ccc(N)nc2)cc(-c2cc(F)c[nH]c2=O)cc1C(C)(C)C. The number of aromatic nitrogens is 2. The minimum atomic E-state index is -0.502. The number of methoxy groups -OCH3 is 1. The van der Waals surface area contributed by atoms with E-state index in [0.29, 0.717) is 17.1 Å².